The molecule has 1 heterocycles. The van der Waals surface area contributed by atoms with Crippen molar-refractivity contribution in [2.75, 3.05) is 5.32 Å². The first-order valence-corrected chi connectivity index (χ1v) is 5.75. The summed E-state index contributed by atoms with van der Waals surface area (Å²) in [5, 5.41) is 6.51. The molecule has 0 aromatic carbocycles. The highest BCUT2D eigenvalue weighted by Gasteiger charge is 2.30. The second-order valence-electron chi connectivity index (χ2n) is 3.87. The molecular formula is C9H9BrF3N3O. The third kappa shape index (κ3) is 3.21. The Bertz CT molecular complexity index is 481. The average Bonchev–Trinajstić information content (AvgIpc) is 3.00. The first-order valence-electron chi connectivity index (χ1n) is 4.96. The molecule has 0 saturated heterocycles. The van der Waals surface area contributed by atoms with E-state index in [-0.39, 0.29) is 4.47 Å². The van der Waals surface area contributed by atoms with Crippen molar-refractivity contribution in [3.05, 3.63) is 21.0 Å². The lowest BCUT2D eigenvalue weighted by Gasteiger charge is -2.11. The summed E-state index contributed by atoms with van der Waals surface area (Å²) in [6.07, 6.45) is -1.23. The van der Waals surface area contributed by atoms with Crippen molar-refractivity contribution in [3.63, 3.8) is 0 Å². The third-order valence-electron chi connectivity index (χ3n) is 2.25. The lowest BCUT2D eigenvalue weighted by molar-refractivity contribution is -0.143. The monoisotopic (exact) mass is 311 g/mol. The van der Waals surface area contributed by atoms with E-state index in [1.165, 1.54) is 6.20 Å². The third-order valence-corrected chi connectivity index (χ3v) is 3.02. The van der Waals surface area contributed by atoms with E-state index in [0.717, 1.165) is 12.8 Å². The molecule has 0 unspecified atom stereocenters. The standard InChI is InChI=1S/C9H9BrF3N3O/c10-7-6(15-5-1-2-5)3-14-16(8(7)17)4-9(11,12)13/h3,5,15H,1-2,4H2. The Morgan fingerprint density at radius 3 is 2.71 bits per heavy atom. The number of rotatable bonds is 3. The fourth-order valence-corrected chi connectivity index (χ4v) is 1.72. The van der Waals surface area contributed by atoms with Gasteiger partial charge in [0.25, 0.3) is 5.56 Å². The van der Waals surface area contributed by atoms with Gasteiger partial charge in [0, 0.05) is 6.04 Å². The zero-order valence-electron chi connectivity index (χ0n) is 8.59. The minimum Gasteiger partial charge on any atom is -0.380 e. The van der Waals surface area contributed by atoms with Crippen molar-refractivity contribution < 1.29 is 13.2 Å². The molecule has 94 valence electrons. The number of nitrogens with zero attached hydrogens (tertiary/aromatic N) is 2. The van der Waals surface area contributed by atoms with Crippen LogP contribution in [0.3, 0.4) is 0 Å². The van der Waals surface area contributed by atoms with E-state index in [1.54, 1.807) is 0 Å². The Hall–Kier alpha value is -1.05. The molecule has 0 aliphatic heterocycles. The molecule has 1 aromatic rings. The normalized spacial score (nSPS) is 16.0. The number of nitrogens with one attached hydrogen (secondary N) is 1. The van der Waals surface area contributed by atoms with Crippen LogP contribution in [-0.4, -0.2) is 22.0 Å². The molecule has 1 N–H and O–H groups in total. The molecule has 0 atom stereocenters. The summed E-state index contributed by atoms with van der Waals surface area (Å²) in [5.74, 6) is 0. The number of hydrogen-bond acceptors (Lipinski definition) is 3. The first kappa shape index (κ1) is 12.4. The van der Waals surface area contributed by atoms with Crippen LogP contribution < -0.4 is 10.9 Å². The second kappa shape index (κ2) is 4.32. The first-order chi connectivity index (χ1) is 7.87. The highest BCUT2D eigenvalue weighted by molar-refractivity contribution is 9.10. The molecule has 0 spiro atoms. The van der Waals surface area contributed by atoms with Gasteiger partial charge < -0.3 is 5.32 Å². The average molecular weight is 312 g/mol. The van der Waals surface area contributed by atoms with Crippen LogP contribution in [0.25, 0.3) is 0 Å². The summed E-state index contributed by atoms with van der Waals surface area (Å²) >= 11 is 2.99. The molecule has 1 aliphatic rings. The van der Waals surface area contributed by atoms with E-state index in [4.69, 9.17) is 0 Å². The molecule has 1 fully saturated rings. The van der Waals surface area contributed by atoms with Gasteiger partial charge in [-0.2, -0.15) is 18.3 Å². The van der Waals surface area contributed by atoms with E-state index in [2.05, 4.69) is 26.3 Å². The maximum Gasteiger partial charge on any atom is 0.408 e. The van der Waals surface area contributed by atoms with Crippen LogP contribution in [0.1, 0.15) is 12.8 Å². The molecule has 1 saturated carbocycles. The number of halogens is 4. The van der Waals surface area contributed by atoms with Gasteiger partial charge in [-0.25, -0.2) is 4.68 Å². The number of anilines is 1. The van der Waals surface area contributed by atoms with Crippen molar-refractivity contribution in [2.24, 2.45) is 0 Å². The molecule has 4 nitrogen and oxygen atoms in total. The predicted molar refractivity (Wildman–Crippen MR) is 58.9 cm³/mol. The lowest BCUT2D eigenvalue weighted by atomic mass is 10.4. The lowest BCUT2D eigenvalue weighted by Crippen LogP contribution is -2.31. The Labute approximate surface area is 103 Å². The SMILES string of the molecule is O=c1c(Br)c(NC2CC2)cnn1CC(F)(F)F. The van der Waals surface area contributed by atoms with Crippen molar-refractivity contribution in [1.82, 2.24) is 9.78 Å². The van der Waals surface area contributed by atoms with Gasteiger partial charge in [0.05, 0.1) is 11.9 Å². The van der Waals surface area contributed by atoms with Crippen LogP contribution in [0.5, 0.6) is 0 Å². The van der Waals surface area contributed by atoms with E-state index < -0.39 is 18.3 Å². The van der Waals surface area contributed by atoms with E-state index in [1.807, 2.05) is 0 Å². The summed E-state index contributed by atoms with van der Waals surface area (Å²) < 4.78 is 36.9. The molecule has 17 heavy (non-hydrogen) atoms. The Morgan fingerprint density at radius 1 is 1.53 bits per heavy atom. The fourth-order valence-electron chi connectivity index (χ4n) is 1.30. The van der Waals surface area contributed by atoms with Crippen LogP contribution in [0, 0.1) is 0 Å². The van der Waals surface area contributed by atoms with Gasteiger partial charge in [-0.3, -0.25) is 4.79 Å². The number of hydrogen-bond donors (Lipinski definition) is 1. The number of aromatic nitrogens is 2. The van der Waals surface area contributed by atoms with Crippen molar-refractivity contribution in [2.45, 2.75) is 31.6 Å². The van der Waals surface area contributed by atoms with Crippen molar-refractivity contribution in [3.8, 4) is 0 Å². The Balaban J connectivity index is 2.25. The highest BCUT2D eigenvalue weighted by Crippen LogP contribution is 2.27. The van der Waals surface area contributed by atoms with Crippen LogP contribution in [0.15, 0.2) is 15.5 Å². The molecular weight excluding hydrogens is 303 g/mol. The minimum absolute atomic E-state index is 0.0867. The summed E-state index contributed by atoms with van der Waals surface area (Å²) in [4.78, 5) is 11.6. The molecule has 1 aromatic heterocycles. The fraction of sp³-hybridized carbons (Fsp3) is 0.556. The largest absolute Gasteiger partial charge is 0.408 e. The highest BCUT2D eigenvalue weighted by atomic mass is 79.9. The predicted octanol–water partition coefficient (Wildman–Crippen LogP) is 2.14. The van der Waals surface area contributed by atoms with Crippen LogP contribution in [0.2, 0.25) is 0 Å². The topological polar surface area (TPSA) is 46.9 Å². The van der Waals surface area contributed by atoms with Gasteiger partial charge in [0.2, 0.25) is 0 Å². The molecule has 1 aliphatic carbocycles. The van der Waals surface area contributed by atoms with Gasteiger partial charge in [0.1, 0.15) is 11.0 Å². The van der Waals surface area contributed by atoms with E-state index in [0.29, 0.717) is 16.4 Å². The van der Waals surface area contributed by atoms with Crippen LogP contribution in [0.4, 0.5) is 18.9 Å². The summed E-state index contributed by atoms with van der Waals surface area (Å²) in [5.41, 5.74) is -0.344. The second-order valence-corrected chi connectivity index (χ2v) is 4.66. The van der Waals surface area contributed by atoms with Crippen LogP contribution >= 0.6 is 15.9 Å². The summed E-state index contributed by atoms with van der Waals surface area (Å²) in [6.45, 7) is -1.38. The van der Waals surface area contributed by atoms with Gasteiger partial charge >= 0.3 is 6.18 Å². The van der Waals surface area contributed by atoms with Gasteiger partial charge in [0.15, 0.2) is 0 Å². The Kier molecular flexibility index (Phi) is 3.15. The van der Waals surface area contributed by atoms with E-state index >= 15 is 0 Å². The summed E-state index contributed by atoms with van der Waals surface area (Å²) in [7, 11) is 0. The van der Waals surface area contributed by atoms with E-state index in [9.17, 15) is 18.0 Å². The van der Waals surface area contributed by atoms with Crippen molar-refractivity contribution >= 4 is 21.6 Å². The van der Waals surface area contributed by atoms with Crippen molar-refractivity contribution in [1.29, 1.82) is 0 Å². The van der Waals surface area contributed by atoms with Gasteiger partial charge in [-0.1, -0.05) is 0 Å². The molecule has 0 bridgehead atoms. The maximum atomic E-state index is 12.1. The van der Waals surface area contributed by atoms with Gasteiger partial charge in [-0.05, 0) is 28.8 Å². The molecule has 0 radical (unpaired) electrons. The summed E-state index contributed by atoms with van der Waals surface area (Å²) in [6, 6.07) is 0.297. The molecule has 2 rings (SSSR count). The number of alkyl halides is 3. The smallest absolute Gasteiger partial charge is 0.380 e. The maximum absolute atomic E-state index is 12.1. The zero-order valence-corrected chi connectivity index (χ0v) is 10.2. The Morgan fingerprint density at radius 2 is 2.18 bits per heavy atom. The minimum atomic E-state index is -4.46. The zero-order chi connectivity index (χ0) is 12.6. The van der Waals surface area contributed by atoms with Crippen LogP contribution in [-0.2, 0) is 6.54 Å². The molecule has 0 amide bonds. The van der Waals surface area contributed by atoms with Gasteiger partial charge in [-0.15, -0.1) is 0 Å². The quantitative estimate of drug-likeness (QED) is 0.930. The molecule has 8 heteroatoms.